The van der Waals surface area contributed by atoms with Crippen molar-refractivity contribution in [2.24, 2.45) is 0 Å². The second-order valence-corrected chi connectivity index (χ2v) is 9.04. The number of hydrogen-bond acceptors (Lipinski definition) is 10. The normalized spacial score (nSPS) is 21.6. The zero-order chi connectivity index (χ0) is 24.9. The van der Waals surface area contributed by atoms with Crippen molar-refractivity contribution in [1.82, 2.24) is 34.8 Å². The highest BCUT2D eigenvalue weighted by molar-refractivity contribution is 5.87. The number of fused-ring (bicyclic) bond motifs is 1. The standard InChI is InChI=1S/C24H24N8O4/c1-14-12-32-15(13-35-14)10-21(29-32)28-23-25-8-6-18(27-23)16-4-3-5-17(26-16)19-11-20(36-30-19)24(34)7-9-31(2)22(24)33/h3-6,8,10-11,14,34H,7,9,12-13H2,1-2H3,(H,25,27,28,29)/t14-,24-/m1/s1. The van der Waals surface area contributed by atoms with Gasteiger partial charge in [0.2, 0.25) is 11.5 Å². The summed E-state index contributed by atoms with van der Waals surface area (Å²) >= 11 is 0. The molecule has 0 unspecified atom stereocenters. The van der Waals surface area contributed by atoms with Crippen molar-refractivity contribution in [1.29, 1.82) is 0 Å². The van der Waals surface area contributed by atoms with E-state index < -0.39 is 11.5 Å². The van der Waals surface area contributed by atoms with Crippen LogP contribution >= 0.6 is 0 Å². The molecule has 0 bridgehead atoms. The molecule has 36 heavy (non-hydrogen) atoms. The Hall–Kier alpha value is -4.16. The van der Waals surface area contributed by atoms with Crippen LogP contribution in [-0.4, -0.2) is 65.5 Å². The van der Waals surface area contributed by atoms with Crippen LogP contribution in [0.5, 0.6) is 0 Å². The van der Waals surface area contributed by atoms with E-state index >= 15 is 0 Å². The molecule has 0 aromatic carbocycles. The lowest BCUT2D eigenvalue weighted by Crippen LogP contribution is -2.35. The Balaban J connectivity index is 1.24. The number of rotatable bonds is 5. The smallest absolute Gasteiger partial charge is 0.262 e. The van der Waals surface area contributed by atoms with Gasteiger partial charge in [-0.1, -0.05) is 11.2 Å². The number of anilines is 2. The molecular formula is C24H24N8O4. The van der Waals surface area contributed by atoms with Crippen molar-refractivity contribution >= 4 is 17.7 Å². The zero-order valence-corrected chi connectivity index (χ0v) is 19.7. The fourth-order valence-corrected chi connectivity index (χ4v) is 4.38. The molecule has 0 saturated carbocycles. The molecule has 2 atom stereocenters. The molecule has 6 heterocycles. The average molecular weight is 489 g/mol. The molecule has 2 aliphatic rings. The largest absolute Gasteiger partial charge is 0.373 e. The first-order valence-electron chi connectivity index (χ1n) is 11.6. The van der Waals surface area contributed by atoms with E-state index in [4.69, 9.17) is 9.26 Å². The van der Waals surface area contributed by atoms with Gasteiger partial charge in [-0.05, 0) is 25.1 Å². The lowest BCUT2D eigenvalue weighted by Gasteiger charge is -2.20. The number of carbonyl (C=O) groups excluding carboxylic acids is 1. The molecule has 4 aromatic rings. The van der Waals surface area contributed by atoms with Crippen LogP contribution in [0.25, 0.3) is 22.8 Å². The Morgan fingerprint density at radius 1 is 1.14 bits per heavy atom. The van der Waals surface area contributed by atoms with Crippen LogP contribution in [0.2, 0.25) is 0 Å². The Bertz CT molecular complexity index is 1450. The van der Waals surface area contributed by atoms with E-state index in [-0.39, 0.29) is 18.3 Å². The number of likely N-dealkylation sites (tertiary alicyclic amines) is 1. The van der Waals surface area contributed by atoms with Crippen LogP contribution in [0.1, 0.15) is 24.8 Å². The number of likely N-dealkylation sites (N-methyl/N-ethyl adjacent to an activating group) is 1. The average Bonchev–Trinajstić information content (AvgIpc) is 3.60. The zero-order valence-electron chi connectivity index (χ0n) is 19.7. The SMILES string of the molecule is C[C@@H]1Cn2nc(Nc3nccc(-c4cccc(-c5cc([C@]6(O)CCN(C)C6=O)on5)n4)n3)cc2CO1. The van der Waals surface area contributed by atoms with Crippen molar-refractivity contribution in [3.63, 3.8) is 0 Å². The van der Waals surface area contributed by atoms with Crippen LogP contribution in [0.15, 0.2) is 47.1 Å². The number of carbonyl (C=O) groups is 1. The fraction of sp³-hybridized carbons (Fsp3) is 0.333. The highest BCUT2D eigenvalue weighted by atomic mass is 16.5. The Morgan fingerprint density at radius 2 is 1.94 bits per heavy atom. The number of hydrogen-bond donors (Lipinski definition) is 2. The van der Waals surface area contributed by atoms with Gasteiger partial charge >= 0.3 is 0 Å². The number of nitrogens with one attached hydrogen (secondary N) is 1. The Labute approximate surface area is 205 Å². The van der Waals surface area contributed by atoms with Crippen LogP contribution in [0.3, 0.4) is 0 Å². The summed E-state index contributed by atoms with van der Waals surface area (Å²) in [6.45, 7) is 3.66. The van der Waals surface area contributed by atoms with Gasteiger partial charge < -0.3 is 24.6 Å². The Kier molecular flexibility index (Phi) is 5.27. The molecule has 2 aliphatic heterocycles. The molecule has 1 saturated heterocycles. The van der Waals surface area contributed by atoms with Crippen LogP contribution in [-0.2, 0) is 28.3 Å². The maximum atomic E-state index is 12.4. The summed E-state index contributed by atoms with van der Waals surface area (Å²) < 4.78 is 12.9. The molecule has 184 valence electrons. The molecule has 0 spiro atoms. The summed E-state index contributed by atoms with van der Waals surface area (Å²) in [5.74, 6) is 0.726. The minimum absolute atomic E-state index is 0.107. The first kappa shape index (κ1) is 22.3. The summed E-state index contributed by atoms with van der Waals surface area (Å²) in [6.07, 6.45) is 2.01. The van der Waals surface area contributed by atoms with E-state index in [1.807, 2.05) is 29.8 Å². The maximum Gasteiger partial charge on any atom is 0.262 e. The van der Waals surface area contributed by atoms with E-state index in [0.717, 1.165) is 5.69 Å². The quantitative estimate of drug-likeness (QED) is 0.428. The van der Waals surface area contributed by atoms with Gasteiger partial charge in [0, 0.05) is 38.3 Å². The molecule has 2 N–H and O–H groups in total. The molecule has 1 fully saturated rings. The van der Waals surface area contributed by atoms with Crippen molar-refractivity contribution < 1.29 is 19.2 Å². The van der Waals surface area contributed by atoms with Crippen LogP contribution in [0.4, 0.5) is 11.8 Å². The number of aliphatic hydroxyl groups is 1. The van der Waals surface area contributed by atoms with E-state index in [0.29, 0.717) is 54.2 Å². The number of aromatic nitrogens is 6. The van der Waals surface area contributed by atoms with Gasteiger partial charge in [-0.2, -0.15) is 5.10 Å². The van der Waals surface area contributed by atoms with Gasteiger partial charge in [0.1, 0.15) is 5.69 Å². The first-order chi connectivity index (χ1) is 17.4. The topological polar surface area (TPSA) is 144 Å². The van der Waals surface area contributed by atoms with Crippen LogP contribution < -0.4 is 5.32 Å². The third-order valence-electron chi connectivity index (χ3n) is 6.41. The molecule has 12 heteroatoms. The Morgan fingerprint density at radius 3 is 2.75 bits per heavy atom. The molecule has 6 rings (SSSR count). The lowest BCUT2D eigenvalue weighted by atomic mass is 9.98. The summed E-state index contributed by atoms with van der Waals surface area (Å²) in [6, 6.07) is 10.7. The monoisotopic (exact) mass is 488 g/mol. The van der Waals surface area contributed by atoms with Crippen molar-refractivity contribution in [2.45, 2.75) is 38.2 Å². The summed E-state index contributed by atoms with van der Waals surface area (Å²) in [4.78, 5) is 27.4. The molecule has 4 aromatic heterocycles. The third kappa shape index (κ3) is 3.89. The molecular weight excluding hydrogens is 464 g/mol. The van der Waals surface area contributed by atoms with Crippen molar-refractivity contribution in [3.8, 4) is 22.8 Å². The fourth-order valence-electron chi connectivity index (χ4n) is 4.38. The van der Waals surface area contributed by atoms with Crippen molar-refractivity contribution in [2.75, 3.05) is 18.9 Å². The summed E-state index contributed by atoms with van der Waals surface area (Å²) in [5.41, 5.74) is 1.42. The third-order valence-corrected chi connectivity index (χ3v) is 6.41. The summed E-state index contributed by atoms with van der Waals surface area (Å²) in [7, 11) is 1.64. The van der Waals surface area contributed by atoms with E-state index in [1.54, 1.807) is 31.4 Å². The minimum atomic E-state index is -1.71. The maximum absolute atomic E-state index is 12.4. The highest BCUT2D eigenvalue weighted by Crippen LogP contribution is 2.34. The van der Waals surface area contributed by atoms with Gasteiger partial charge in [-0.15, -0.1) is 0 Å². The second-order valence-electron chi connectivity index (χ2n) is 9.04. The molecule has 0 aliphatic carbocycles. The highest BCUT2D eigenvalue weighted by Gasteiger charge is 2.48. The van der Waals surface area contributed by atoms with E-state index in [1.165, 1.54) is 4.90 Å². The molecule has 12 nitrogen and oxygen atoms in total. The van der Waals surface area contributed by atoms with Crippen molar-refractivity contribution in [3.05, 3.63) is 54.0 Å². The second kappa shape index (κ2) is 8.50. The van der Waals surface area contributed by atoms with E-state index in [2.05, 4.69) is 30.5 Å². The van der Waals surface area contributed by atoms with Gasteiger partial charge in [-0.3, -0.25) is 9.48 Å². The van der Waals surface area contributed by atoms with Gasteiger partial charge in [0.15, 0.2) is 11.6 Å². The lowest BCUT2D eigenvalue weighted by molar-refractivity contribution is -0.144. The molecule has 0 radical (unpaired) electrons. The predicted molar refractivity (Wildman–Crippen MR) is 127 cm³/mol. The van der Waals surface area contributed by atoms with Gasteiger partial charge in [0.05, 0.1) is 42.0 Å². The number of pyridine rings is 1. The van der Waals surface area contributed by atoms with Gasteiger partial charge in [-0.25, -0.2) is 15.0 Å². The minimum Gasteiger partial charge on any atom is -0.373 e. The number of amides is 1. The van der Waals surface area contributed by atoms with Crippen LogP contribution in [0, 0.1) is 0 Å². The van der Waals surface area contributed by atoms with Gasteiger partial charge in [0.25, 0.3) is 5.91 Å². The summed E-state index contributed by atoms with van der Waals surface area (Å²) in [5, 5.41) is 22.6. The molecule has 1 amide bonds. The predicted octanol–water partition coefficient (Wildman–Crippen LogP) is 2.10. The number of ether oxygens (including phenoxy) is 1. The van der Waals surface area contributed by atoms with E-state index in [9.17, 15) is 9.90 Å². The number of nitrogens with zero attached hydrogens (tertiary/aromatic N) is 7. The first-order valence-corrected chi connectivity index (χ1v) is 11.6.